The fourth-order valence-corrected chi connectivity index (χ4v) is 6.26. The van der Waals surface area contributed by atoms with Gasteiger partial charge in [-0.3, -0.25) is 4.79 Å². The number of rotatable bonds is 7. The van der Waals surface area contributed by atoms with Gasteiger partial charge in [0.15, 0.2) is 0 Å². The Balaban J connectivity index is 1.50. The van der Waals surface area contributed by atoms with Gasteiger partial charge < -0.3 is 9.47 Å². The van der Waals surface area contributed by atoms with Gasteiger partial charge in [-0.15, -0.1) is 0 Å². The van der Waals surface area contributed by atoms with Crippen LogP contribution < -0.4 is 0 Å². The summed E-state index contributed by atoms with van der Waals surface area (Å²) in [4.78, 5) is 20.6. The number of benzene rings is 2. The molecule has 204 valence electrons. The van der Waals surface area contributed by atoms with Crippen LogP contribution in [0.25, 0.3) is 5.69 Å². The predicted molar refractivity (Wildman–Crippen MR) is 141 cm³/mol. The summed E-state index contributed by atoms with van der Waals surface area (Å²) in [6.45, 7) is 1.91. The average molecular weight is 557 g/mol. The van der Waals surface area contributed by atoms with Crippen molar-refractivity contribution in [3.8, 4) is 11.8 Å². The van der Waals surface area contributed by atoms with Crippen LogP contribution in [0.3, 0.4) is 0 Å². The van der Waals surface area contributed by atoms with E-state index < -0.39 is 23.6 Å². The van der Waals surface area contributed by atoms with E-state index in [4.69, 9.17) is 4.98 Å². The van der Waals surface area contributed by atoms with E-state index in [1.807, 2.05) is 41.6 Å². The smallest absolute Gasteiger partial charge is 0.329 e. The minimum absolute atomic E-state index is 0.0909. The number of nitriles is 1. The van der Waals surface area contributed by atoms with Gasteiger partial charge in [0, 0.05) is 23.8 Å². The summed E-state index contributed by atoms with van der Waals surface area (Å²) in [5.41, 5.74) is 1.04. The number of alkyl halides is 3. The van der Waals surface area contributed by atoms with Crippen molar-refractivity contribution in [3.63, 3.8) is 0 Å². The molecule has 2 aliphatic rings. The molecule has 5 rings (SSSR count). The van der Waals surface area contributed by atoms with Crippen LogP contribution in [0.15, 0.2) is 48.7 Å². The highest BCUT2D eigenvalue weighted by atomic mass is 32.2. The Labute approximate surface area is 228 Å². The summed E-state index contributed by atoms with van der Waals surface area (Å²) in [6, 6.07) is 11.5. The SMILES string of the molecule is C[C@H](c1nc(C2CC2)cn1-c1ccc(C#N)cc1)N(C(=O)Cc1ccc(F)c(C(F)(F)F)c1)C1CCSCC1. The maximum Gasteiger partial charge on any atom is 0.419 e. The van der Waals surface area contributed by atoms with Crippen molar-refractivity contribution in [2.24, 2.45) is 0 Å². The van der Waals surface area contributed by atoms with Crippen LogP contribution in [-0.2, 0) is 17.4 Å². The van der Waals surface area contributed by atoms with Crippen LogP contribution in [-0.4, -0.2) is 37.9 Å². The third kappa shape index (κ3) is 5.98. The van der Waals surface area contributed by atoms with E-state index >= 15 is 0 Å². The maximum absolute atomic E-state index is 13.9. The molecule has 0 unspecified atom stereocenters. The lowest BCUT2D eigenvalue weighted by molar-refractivity contribution is -0.140. The van der Waals surface area contributed by atoms with E-state index in [1.165, 1.54) is 6.07 Å². The fraction of sp³-hybridized carbons (Fsp3) is 0.414. The molecule has 39 heavy (non-hydrogen) atoms. The van der Waals surface area contributed by atoms with Gasteiger partial charge in [0.2, 0.25) is 5.91 Å². The molecule has 1 aliphatic carbocycles. The fourth-order valence-electron chi connectivity index (χ4n) is 5.18. The lowest BCUT2D eigenvalue weighted by Gasteiger charge is -2.38. The summed E-state index contributed by atoms with van der Waals surface area (Å²) >= 11 is 1.81. The molecule has 0 bridgehead atoms. The highest BCUT2D eigenvalue weighted by Gasteiger charge is 2.37. The summed E-state index contributed by atoms with van der Waals surface area (Å²) in [6.07, 6.45) is 0.502. The molecule has 0 radical (unpaired) electrons. The van der Waals surface area contributed by atoms with Gasteiger partial charge in [-0.2, -0.15) is 30.2 Å². The zero-order valence-corrected chi connectivity index (χ0v) is 22.2. The zero-order valence-electron chi connectivity index (χ0n) is 21.4. The van der Waals surface area contributed by atoms with Crippen molar-refractivity contribution >= 4 is 17.7 Å². The number of carbonyl (C=O) groups is 1. The number of imidazole rings is 1. The van der Waals surface area contributed by atoms with Crippen molar-refractivity contribution in [2.75, 3.05) is 11.5 Å². The minimum atomic E-state index is -4.85. The molecule has 1 amide bonds. The molecule has 0 N–H and O–H groups in total. The van der Waals surface area contributed by atoms with Crippen molar-refractivity contribution in [3.05, 3.63) is 82.7 Å². The van der Waals surface area contributed by atoms with Gasteiger partial charge in [-0.05, 0) is 86.1 Å². The molecule has 2 heterocycles. The van der Waals surface area contributed by atoms with Gasteiger partial charge in [-0.1, -0.05) is 6.07 Å². The first-order chi connectivity index (χ1) is 18.7. The van der Waals surface area contributed by atoms with Crippen LogP contribution in [0.2, 0.25) is 0 Å². The van der Waals surface area contributed by atoms with Gasteiger partial charge in [-0.25, -0.2) is 9.37 Å². The van der Waals surface area contributed by atoms with E-state index in [0.717, 1.165) is 60.7 Å². The number of hydrogen-bond acceptors (Lipinski definition) is 4. The highest BCUT2D eigenvalue weighted by Crippen LogP contribution is 2.41. The van der Waals surface area contributed by atoms with Crippen LogP contribution >= 0.6 is 11.8 Å². The Kier molecular flexibility index (Phi) is 7.72. The molecule has 1 saturated carbocycles. The molecule has 2 aromatic carbocycles. The quantitative estimate of drug-likeness (QED) is 0.300. The van der Waals surface area contributed by atoms with Crippen molar-refractivity contribution in [2.45, 2.75) is 63.2 Å². The predicted octanol–water partition coefficient (Wildman–Crippen LogP) is 6.81. The van der Waals surface area contributed by atoms with Gasteiger partial charge in [0.1, 0.15) is 11.6 Å². The summed E-state index contributed by atoms with van der Waals surface area (Å²) < 4.78 is 55.8. The molecule has 1 aliphatic heterocycles. The molecule has 0 spiro atoms. The number of thioether (sulfide) groups is 1. The second-order valence-corrected chi connectivity index (χ2v) is 11.4. The Morgan fingerprint density at radius 3 is 2.46 bits per heavy atom. The van der Waals surface area contributed by atoms with Crippen molar-refractivity contribution in [1.29, 1.82) is 5.26 Å². The van der Waals surface area contributed by atoms with Gasteiger partial charge in [0.05, 0.1) is 35.4 Å². The first kappa shape index (κ1) is 27.3. The Morgan fingerprint density at radius 1 is 1.15 bits per heavy atom. The minimum Gasteiger partial charge on any atom is -0.329 e. The maximum atomic E-state index is 13.9. The van der Waals surface area contributed by atoms with Crippen molar-refractivity contribution in [1.82, 2.24) is 14.5 Å². The highest BCUT2D eigenvalue weighted by molar-refractivity contribution is 7.99. The standard InChI is InChI=1S/C29H28F4N4OS/c1-18(28-35-26(21-5-6-21)17-36(28)22-7-2-19(16-34)3-8-22)37(23-10-12-39-13-11-23)27(38)15-20-4-9-25(30)24(14-20)29(31,32)33/h2-4,7-9,14,17-18,21,23H,5-6,10-13,15H2,1H3/t18-/m1/s1. The molecule has 1 saturated heterocycles. The second kappa shape index (κ2) is 11.0. The lowest BCUT2D eigenvalue weighted by atomic mass is 10.0. The van der Waals surface area contributed by atoms with Crippen LogP contribution in [0.1, 0.15) is 72.8 Å². The molecule has 1 aromatic heterocycles. The molecule has 1 atom stereocenters. The Morgan fingerprint density at radius 2 is 1.85 bits per heavy atom. The van der Waals surface area contributed by atoms with Gasteiger partial charge in [0.25, 0.3) is 0 Å². The van der Waals surface area contributed by atoms with E-state index in [1.54, 1.807) is 17.0 Å². The molecule has 5 nitrogen and oxygen atoms in total. The third-order valence-electron chi connectivity index (χ3n) is 7.38. The van der Waals surface area contributed by atoms with Crippen molar-refractivity contribution < 1.29 is 22.4 Å². The van der Waals surface area contributed by atoms with Crippen LogP contribution in [0, 0.1) is 17.1 Å². The first-order valence-corrected chi connectivity index (χ1v) is 14.2. The number of aromatic nitrogens is 2. The Hall–Kier alpha value is -3.32. The number of halogens is 4. The monoisotopic (exact) mass is 556 g/mol. The second-order valence-electron chi connectivity index (χ2n) is 10.1. The Bertz CT molecular complexity index is 1390. The van der Waals surface area contributed by atoms with Crippen LogP contribution in [0.5, 0.6) is 0 Å². The summed E-state index contributed by atoms with van der Waals surface area (Å²) in [7, 11) is 0. The molecule has 3 aromatic rings. The lowest BCUT2D eigenvalue weighted by Crippen LogP contribution is -2.45. The third-order valence-corrected chi connectivity index (χ3v) is 8.43. The first-order valence-electron chi connectivity index (χ1n) is 13.0. The average Bonchev–Trinajstić information content (AvgIpc) is 3.68. The molecule has 2 fully saturated rings. The topological polar surface area (TPSA) is 61.9 Å². The molecular weight excluding hydrogens is 528 g/mol. The van der Waals surface area contributed by atoms with E-state index in [9.17, 15) is 27.6 Å². The van der Waals surface area contributed by atoms with E-state index in [-0.39, 0.29) is 23.9 Å². The van der Waals surface area contributed by atoms with Crippen LogP contribution in [0.4, 0.5) is 17.6 Å². The molecule has 10 heteroatoms. The van der Waals surface area contributed by atoms with E-state index in [0.29, 0.717) is 17.3 Å². The normalized spacial score (nSPS) is 17.0. The number of nitrogens with zero attached hydrogens (tertiary/aromatic N) is 4. The largest absolute Gasteiger partial charge is 0.419 e. The van der Waals surface area contributed by atoms with Gasteiger partial charge >= 0.3 is 6.18 Å². The van der Waals surface area contributed by atoms with E-state index in [2.05, 4.69) is 6.07 Å². The summed E-state index contributed by atoms with van der Waals surface area (Å²) in [5, 5.41) is 9.20. The summed E-state index contributed by atoms with van der Waals surface area (Å²) in [5.74, 6) is 1.13. The number of amides is 1. The zero-order chi connectivity index (χ0) is 27.7. The number of hydrogen-bond donors (Lipinski definition) is 0. The number of carbonyl (C=O) groups excluding carboxylic acids is 1. The molecular formula is C29H28F4N4OS.